The molecule has 1 atom stereocenters. The van der Waals surface area contributed by atoms with Gasteiger partial charge in [-0.1, -0.05) is 6.07 Å². The summed E-state index contributed by atoms with van der Waals surface area (Å²) in [6.07, 6.45) is 1.43. The second-order valence-corrected chi connectivity index (χ2v) is 6.69. The molecule has 1 saturated heterocycles. The van der Waals surface area contributed by atoms with Gasteiger partial charge in [0.2, 0.25) is 5.91 Å². The van der Waals surface area contributed by atoms with Crippen molar-refractivity contribution >= 4 is 41.0 Å². The maximum atomic E-state index is 12.8. The molecular weight excluding hydrogens is 324 g/mol. The van der Waals surface area contributed by atoms with Gasteiger partial charge in [0, 0.05) is 6.21 Å². The zero-order valence-electron chi connectivity index (χ0n) is 14.4. The van der Waals surface area contributed by atoms with Crippen LogP contribution in [0.5, 0.6) is 0 Å². The quantitative estimate of drug-likeness (QED) is 0.443. The Labute approximate surface area is 147 Å². The molecule has 1 aliphatic rings. The van der Waals surface area contributed by atoms with E-state index in [2.05, 4.69) is 10.3 Å². The van der Waals surface area contributed by atoms with E-state index in [0.29, 0.717) is 12.2 Å². The minimum atomic E-state index is -0.949. The van der Waals surface area contributed by atoms with Crippen LogP contribution in [0.2, 0.25) is 0 Å². The number of benzene rings is 1. The zero-order valence-corrected chi connectivity index (χ0v) is 15.2. The molecule has 2 rings (SSSR count). The van der Waals surface area contributed by atoms with Gasteiger partial charge >= 0.3 is 0 Å². The molecule has 24 heavy (non-hydrogen) atoms. The van der Waals surface area contributed by atoms with E-state index in [1.54, 1.807) is 0 Å². The van der Waals surface area contributed by atoms with Crippen molar-refractivity contribution in [2.45, 2.75) is 13.8 Å². The molecule has 2 N–H and O–H groups in total. The van der Waals surface area contributed by atoms with Gasteiger partial charge in [-0.3, -0.25) is 19.5 Å². The zero-order chi connectivity index (χ0) is 17.9. The molecule has 1 aromatic carbocycles. The maximum Gasteiger partial charge on any atom is 0.251 e. The Bertz CT molecular complexity index is 680. The minimum Gasteiger partial charge on any atom is -0.338 e. The molecule has 1 fully saturated rings. The Morgan fingerprint density at radius 2 is 1.88 bits per heavy atom. The van der Waals surface area contributed by atoms with Crippen molar-refractivity contribution in [1.82, 2.24) is 5.32 Å². The van der Waals surface area contributed by atoms with E-state index in [1.165, 1.54) is 16.0 Å². The smallest absolute Gasteiger partial charge is 0.251 e. The van der Waals surface area contributed by atoms with Crippen molar-refractivity contribution in [2.75, 3.05) is 32.1 Å². The predicted octanol–water partition coefficient (Wildman–Crippen LogP) is -0.117. The topological polar surface area (TPSA) is 66.2 Å². The molecule has 1 heterocycles. The van der Waals surface area contributed by atoms with Gasteiger partial charge in [-0.25, -0.2) is 0 Å². The predicted molar refractivity (Wildman–Crippen MR) is 98.7 cm³/mol. The fourth-order valence-electron chi connectivity index (χ4n) is 2.51. The summed E-state index contributed by atoms with van der Waals surface area (Å²) in [7, 11) is 4.04. The SMILES string of the molecule is Cc1cc(C)cc(N2C(=O)[C@@H](C=NCC[NH+](C)C)C(=O)NC2=S)c1. The number of likely N-dealkylation sites (N-methyl/N-ethyl adjacent to an activating group) is 1. The number of nitrogens with zero attached hydrogens (tertiary/aromatic N) is 2. The molecule has 0 aliphatic carbocycles. The molecule has 128 valence electrons. The van der Waals surface area contributed by atoms with Crippen molar-refractivity contribution in [3.05, 3.63) is 29.3 Å². The second-order valence-electron chi connectivity index (χ2n) is 6.30. The lowest BCUT2D eigenvalue weighted by Crippen LogP contribution is -3.06. The highest BCUT2D eigenvalue weighted by molar-refractivity contribution is 7.80. The molecule has 7 heteroatoms. The Balaban J connectivity index is 2.24. The Morgan fingerprint density at radius 1 is 1.25 bits per heavy atom. The van der Waals surface area contributed by atoms with Crippen LogP contribution in [0.25, 0.3) is 0 Å². The number of anilines is 1. The van der Waals surface area contributed by atoms with Gasteiger partial charge in [0.05, 0.1) is 32.9 Å². The molecule has 0 aromatic heterocycles. The summed E-state index contributed by atoms with van der Waals surface area (Å²) in [6, 6.07) is 5.76. The van der Waals surface area contributed by atoms with E-state index in [0.717, 1.165) is 17.7 Å². The monoisotopic (exact) mass is 347 g/mol. The summed E-state index contributed by atoms with van der Waals surface area (Å²) in [5.41, 5.74) is 2.71. The van der Waals surface area contributed by atoms with Gasteiger partial charge in [-0.05, 0) is 49.3 Å². The summed E-state index contributed by atoms with van der Waals surface area (Å²) in [6.45, 7) is 5.30. The number of carbonyl (C=O) groups excluding carboxylic acids is 2. The first kappa shape index (κ1) is 18.2. The van der Waals surface area contributed by atoms with Crippen LogP contribution < -0.4 is 15.1 Å². The Morgan fingerprint density at radius 3 is 2.46 bits per heavy atom. The fraction of sp³-hybridized carbons (Fsp3) is 0.412. The standard InChI is InChI=1S/C17H22N4O2S/c1-11-7-12(2)9-13(8-11)21-16(23)14(15(22)19-17(21)24)10-18-5-6-20(3)4/h7-10,14H,5-6H2,1-4H3,(H,19,22,24)/p+1/t14-/m0/s1. The minimum absolute atomic E-state index is 0.109. The molecule has 0 saturated carbocycles. The van der Waals surface area contributed by atoms with E-state index in [9.17, 15) is 9.59 Å². The van der Waals surface area contributed by atoms with Gasteiger partial charge in [0.15, 0.2) is 11.0 Å². The Hall–Kier alpha value is -2.12. The van der Waals surface area contributed by atoms with E-state index in [4.69, 9.17) is 12.2 Å². The van der Waals surface area contributed by atoms with Crippen molar-refractivity contribution in [2.24, 2.45) is 10.9 Å². The van der Waals surface area contributed by atoms with Gasteiger partial charge in [-0.15, -0.1) is 0 Å². The highest BCUT2D eigenvalue weighted by Gasteiger charge is 2.38. The third kappa shape index (κ3) is 4.24. The molecule has 0 bridgehead atoms. The van der Waals surface area contributed by atoms with Crippen molar-refractivity contribution < 1.29 is 14.5 Å². The number of hydrogen-bond donors (Lipinski definition) is 2. The number of quaternary nitrogens is 1. The molecule has 1 aliphatic heterocycles. The van der Waals surface area contributed by atoms with Crippen LogP contribution in [0.1, 0.15) is 11.1 Å². The second kappa shape index (κ2) is 7.63. The average molecular weight is 347 g/mol. The first-order valence-electron chi connectivity index (χ1n) is 7.85. The lowest BCUT2D eigenvalue weighted by atomic mass is 10.0. The van der Waals surface area contributed by atoms with Gasteiger partial charge in [0.1, 0.15) is 0 Å². The van der Waals surface area contributed by atoms with Crippen LogP contribution in [-0.2, 0) is 9.59 Å². The summed E-state index contributed by atoms with van der Waals surface area (Å²) in [5.74, 6) is -1.74. The van der Waals surface area contributed by atoms with Gasteiger partial charge < -0.3 is 10.2 Å². The van der Waals surface area contributed by atoms with Crippen molar-refractivity contribution in [3.8, 4) is 0 Å². The summed E-state index contributed by atoms with van der Waals surface area (Å²) in [5, 5.41) is 2.71. The van der Waals surface area contributed by atoms with Gasteiger partial charge in [-0.2, -0.15) is 0 Å². The molecule has 2 amide bonds. The van der Waals surface area contributed by atoms with E-state index in [-0.39, 0.29) is 11.0 Å². The summed E-state index contributed by atoms with van der Waals surface area (Å²) >= 11 is 5.20. The molecule has 0 radical (unpaired) electrons. The molecule has 0 spiro atoms. The molecule has 0 unspecified atom stereocenters. The highest BCUT2D eigenvalue weighted by Crippen LogP contribution is 2.23. The van der Waals surface area contributed by atoms with Gasteiger partial charge in [0.25, 0.3) is 5.91 Å². The average Bonchev–Trinajstić information content (AvgIpc) is 2.44. The van der Waals surface area contributed by atoms with E-state index in [1.807, 2.05) is 46.1 Å². The number of aryl methyl sites for hydroxylation is 2. The van der Waals surface area contributed by atoms with Crippen LogP contribution in [0.4, 0.5) is 5.69 Å². The fourth-order valence-corrected chi connectivity index (χ4v) is 2.81. The number of carbonyl (C=O) groups is 2. The van der Waals surface area contributed by atoms with Crippen LogP contribution in [0.3, 0.4) is 0 Å². The number of aliphatic imine (C=N–C) groups is 1. The maximum absolute atomic E-state index is 12.8. The van der Waals surface area contributed by atoms with Crippen molar-refractivity contribution in [1.29, 1.82) is 0 Å². The number of nitrogens with one attached hydrogen (secondary N) is 2. The third-order valence-electron chi connectivity index (χ3n) is 3.66. The van der Waals surface area contributed by atoms with Crippen LogP contribution in [-0.4, -0.2) is 50.3 Å². The van der Waals surface area contributed by atoms with Crippen molar-refractivity contribution in [3.63, 3.8) is 0 Å². The van der Waals surface area contributed by atoms with E-state index >= 15 is 0 Å². The Kier molecular flexibility index (Phi) is 5.80. The first-order chi connectivity index (χ1) is 11.3. The number of hydrogen-bond acceptors (Lipinski definition) is 4. The van der Waals surface area contributed by atoms with Crippen LogP contribution in [0.15, 0.2) is 23.2 Å². The number of thiocarbonyl (C=S) groups is 1. The summed E-state index contributed by atoms with van der Waals surface area (Å²) < 4.78 is 0. The third-order valence-corrected chi connectivity index (χ3v) is 3.95. The lowest BCUT2D eigenvalue weighted by Gasteiger charge is -2.31. The molecule has 1 aromatic rings. The highest BCUT2D eigenvalue weighted by atomic mass is 32.1. The number of rotatable bonds is 5. The largest absolute Gasteiger partial charge is 0.338 e. The molecule has 6 nitrogen and oxygen atoms in total. The van der Waals surface area contributed by atoms with E-state index < -0.39 is 11.8 Å². The number of amides is 2. The normalized spacial score (nSPS) is 18.6. The molecular formula is C17H23N4O2S+. The van der Waals surface area contributed by atoms with Crippen LogP contribution >= 0.6 is 12.2 Å². The summed E-state index contributed by atoms with van der Waals surface area (Å²) in [4.78, 5) is 31.8. The lowest BCUT2D eigenvalue weighted by molar-refractivity contribution is -0.856. The first-order valence-corrected chi connectivity index (χ1v) is 8.26. The van der Waals surface area contributed by atoms with Crippen LogP contribution in [0, 0.1) is 19.8 Å².